The van der Waals surface area contributed by atoms with Crippen LogP contribution in [0.4, 0.5) is 22.7 Å². The molecular weight excluding hydrogens is 407 g/mol. The van der Waals surface area contributed by atoms with Crippen molar-refractivity contribution in [1.82, 2.24) is 0 Å². The first-order valence-corrected chi connectivity index (χ1v) is 10.1. The van der Waals surface area contributed by atoms with Gasteiger partial charge in [0, 0.05) is 0 Å². The van der Waals surface area contributed by atoms with E-state index in [0.717, 1.165) is 12.1 Å². The van der Waals surface area contributed by atoms with E-state index in [1.165, 1.54) is 24.3 Å². The van der Waals surface area contributed by atoms with Crippen molar-refractivity contribution >= 4 is 42.7 Å². The Balaban J connectivity index is 0.00000364. The van der Waals surface area contributed by atoms with Crippen LogP contribution in [0.25, 0.3) is 0 Å². The maximum atomic E-state index is 11.8. The molecule has 2 aromatic rings. The summed E-state index contributed by atoms with van der Waals surface area (Å²) in [5.74, 6) is -0.401. The number of benzene rings is 2. The van der Waals surface area contributed by atoms with E-state index in [-0.39, 0.29) is 57.2 Å². The Labute approximate surface area is 178 Å². The van der Waals surface area contributed by atoms with Crippen molar-refractivity contribution in [3.63, 3.8) is 0 Å². The van der Waals surface area contributed by atoms with Gasteiger partial charge in [-0.1, -0.05) is 0 Å². The molecule has 0 radical (unpaired) electrons. The molecule has 10 nitrogen and oxygen atoms in total. The quantitative estimate of drug-likeness (QED) is 0.205. The molecule has 0 amide bonds. The molecule has 0 unspecified atom stereocenters. The average molecular weight is 422 g/mol. The minimum Gasteiger partial charge on any atom is -0.744 e. The van der Waals surface area contributed by atoms with Crippen molar-refractivity contribution in [2.75, 3.05) is 23.8 Å². The molecule has 0 atom stereocenters. The number of hydrogen-bond donors (Lipinski definition) is 3. The smallest absolute Gasteiger partial charge is 0.744 e. The summed E-state index contributed by atoms with van der Waals surface area (Å²) in [6, 6.07) is 7.32. The van der Waals surface area contributed by atoms with Gasteiger partial charge < -0.3 is 21.1 Å². The molecule has 2 rings (SSSR count). The zero-order chi connectivity index (χ0) is 19.5. The standard InChI is InChI=1S/C14H16N4O6S2.Na/c15-11-7-12(16)14(26(22,23)24)8-13(11)18-17-9-1-3-10(4-2-9)25(20,21)6-5-19;/h1-4,7-8,19H,5-6,15-16H2,(H,22,23,24);/q;+1/p-1. The molecule has 0 aliphatic rings. The molecule has 0 saturated heterocycles. The first kappa shape index (κ1) is 23.5. The molecule has 13 heteroatoms. The molecule has 0 aliphatic heterocycles. The van der Waals surface area contributed by atoms with Gasteiger partial charge in [0.2, 0.25) is 0 Å². The Morgan fingerprint density at radius 2 is 1.56 bits per heavy atom. The number of nitrogens with two attached hydrogens (primary N) is 2. The van der Waals surface area contributed by atoms with E-state index in [2.05, 4.69) is 10.2 Å². The number of azo groups is 1. The van der Waals surface area contributed by atoms with Crippen molar-refractivity contribution in [2.24, 2.45) is 10.2 Å². The summed E-state index contributed by atoms with van der Waals surface area (Å²) in [5, 5.41) is 16.3. The largest absolute Gasteiger partial charge is 1.00 e. The second kappa shape index (κ2) is 9.10. The summed E-state index contributed by atoms with van der Waals surface area (Å²) < 4.78 is 57.1. The van der Waals surface area contributed by atoms with E-state index in [0.29, 0.717) is 0 Å². The van der Waals surface area contributed by atoms with E-state index in [1.54, 1.807) is 0 Å². The van der Waals surface area contributed by atoms with E-state index in [1.807, 2.05) is 0 Å². The Bertz CT molecular complexity index is 1050. The Morgan fingerprint density at radius 1 is 0.963 bits per heavy atom. The van der Waals surface area contributed by atoms with Gasteiger partial charge in [0.25, 0.3) is 0 Å². The summed E-state index contributed by atoms with van der Waals surface area (Å²) in [6.07, 6.45) is 0. The molecule has 0 spiro atoms. The number of sulfone groups is 1. The molecule has 0 bridgehead atoms. The molecule has 0 fully saturated rings. The van der Waals surface area contributed by atoms with Crippen LogP contribution in [0.15, 0.2) is 56.4 Å². The van der Waals surface area contributed by atoms with Gasteiger partial charge in [-0.25, -0.2) is 16.8 Å². The van der Waals surface area contributed by atoms with Gasteiger partial charge in [0.05, 0.1) is 39.2 Å². The molecule has 27 heavy (non-hydrogen) atoms. The van der Waals surface area contributed by atoms with Gasteiger partial charge in [-0.3, -0.25) is 0 Å². The van der Waals surface area contributed by atoms with Gasteiger partial charge in [0.15, 0.2) is 9.84 Å². The molecule has 0 aliphatic carbocycles. The summed E-state index contributed by atoms with van der Waals surface area (Å²) in [6.45, 7) is -0.495. The van der Waals surface area contributed by atoms with Gasteiger partial charge in [-0.2, -0.15) is 5.11 Å². The second-order valence-electron chi connectivity index (χ2n) is 5.14. The van der Waals surface area contributed by atoms with E-state index < -0.39 is 37.2 Å². The zero-order valence-electron chi connectivity index (χ0n) is 14.2. The van der Waals surface area contributed by atoms with Crippen LogP contribution in [0.5, 0.6) is 0 Å². The topological polar surface area (TPSA) is 188 Å². The number of hydrogen-bond acceptors (Lipinski definition) is 10. The number of nitrogens with zero attached hydrogens (tertiary/aromatic N) is 2. The molecule has 140 valence electrons. The fourth-order valence-corrected chi connectivity index (χ4v) is 3.61. The fraction of sp³-hybridized carbons (Fsp3) is 0.143. The van der Waals surface area contributed by atoms with E-state index >= 15 is 0 Å². The molecule has 2 aromatic carbocycles. The van der Waals surface area contributed by atoms with Crippen molar-refractivity contribution in [3.05, 3.63) is 36.4 Å². The Hall–Kier alpha value is -1.54. The van der Waals surface area contributed by atoms with Gasteiger partial charge in [-0.15, -0.1) is 5.11 Å². The first-order valence-electron chi connectivity index (χ1n) is 7.05. The number of aliphatic hydroxyl groups is 1. The molecule has 0 heterocycles. The predicted octanol–water partition coefficient (Wildman–Crippen LogP) is -2.06. The summed E-state index contributed by atoms with van der Waals surface area (Å²) in [5.41, 5.74) is 11.0. The van der Waals surface area contributed by atoms with Crippen molar-refractivity contribution < 1.29 is 56.1 Å². The third-order valence-electron chi connectivity index (χ3n) is 3.26. The molecule has 0 aromatic heterocycles. The maximum absolute atomic E-state index is 11.8. The minimum atomic E-state index is -4.80. The van der Waals surface area contributed by atoms with Crippen LogP contribution in [0.1, 0.15) is 0 Å². The van der Waals surface area contributed by atoms with Crippen LogP contribution in [0, 0.1) is 0 Å². The Kier molecular flexibility index (Phi) is 7.92. The Morgan fingerprint density at radius 3 is 2.07 bits per heavy atom. The van der Waals surface area contributed by atoms with Gasteiger partial charge in [0.1, 0.15) is 15.8 Å². The fourth-order valence-electron chi connectivity index (χ4n) is 1.98. The molecular formula is C14H15N4NaO6S2. The van der Waals surface area contributed by atoms with Gasteiger partial charge >= 0.3 is 29.6 Å². The van der Waals surface area contributed by atoms with Crippen molar-refractivity contribution in [1.29, 1.82) is 0 Å². The third-order valence-corrected chi connectivity index (χ3v) is 5.86. The van der Waals surface area contributed by atoms with Gasteiger partial charge in [-0.05, 0) is 36.4 Å². The van der Waals surface area contributed by atoms with Crippen molar-refractivity contribution in [2.45, 2.75) is 9.79 Å². The first-order chi connectivity index (χ1) is 12.0. The van der Waals surface area contributed by atoms with Crippen LogP contribution in [-0.2, 0) is 20.0 Å². The second-order valence-corrected chi connectivity index (χ2v) is 8.60. The number of nitrogen functional groups attached to an aromatic ring is 2. The summed E-state index contributed by atoms with van der Waals surface area (Å²) in [4.78, 5) is -0.650. The van der Waals surface area contributed by atoms with Crippen LogP contribution < -0.4 is 41.0 Å². The maximum Gasteiger partial charge on any atom is 1.00 e. The van der Waals surface area contributed by atoms with Crippen LogP contribution in [0.3, 0.4) is 0 Å². The zero-order valence-corrected chi connectivity index (χ0v) is 17.9. The van der Waals surface area contributed by atoms with E-state index in [4.69, 9.17) is 16.6 Å². The monoisotopic (exact) mass is 422 g/mol. The normalized spacial score (nSPS) is 12.1. The van der Waals surface area contributed by atoms with Crippen LogP contribution in [-0.4, -0.2) is 38.9 Å². The number of anilines is 2. The SMILES string of the molecule is Nc1cc(N)c(S(=O)(=O)[O-])cc1N=Nc1ccc(S(=O)(=O)CCO)cc1.[Na+]. The summed E-state index contributed by atoms with van der Waals surface area (Å²) in [7, 11) is -8.39. The van der Waals surface area contributed by atoms with E-state index in [9.17, 15) is 21.4 Å². The van der Waals surface area contributed by atoms with Crippen LogP contribution in [0.2, 0.25) is 0 Å². The number of aliphatic hydroxyl groups excluding tert-OH is 1. The summed E-state index contributed by atoms with van der Waals surface area (Å²) >= 11 is 0. The minimum absolute atomic E-state index is 0. The average Bonchev–Trinajstić information content (AvgIpc) is 2.53. The predicted molar refractivity (Wildman–Crippen MR) is 93.0 cm³/mol. The molecule has 0 saturated carbocycles. The number of rotatable bonds is 6. The van der Waals surface area contributed by atoms with Crippen LogP contribution >= 0.6 is 0 Å². The third kappa shape index (κ3) is 5.97. The molecule has 5 N–H and O–H groups in total. The van der Waals surface area contributed by atoms with Crippen molar-refractivity contribution in [3.8, 4) is 0 Å².